The lowest BCUT2D eigenvalue weighted by Crippen LogP contribution is -2.24. The van der Waals surface area contributed by atoms with Gasteiger partial charge in [0.15, 0.2) is 0 Å². The van der Waals surface area contributed by atoms with Gasteiger partial charge in [0.25, 0.3) is 0 Å². The lowest BCUT2D eigenvalue weighted by Gasteiger charge is -2.24. The van der Waals surface area contributed by atoms with Crippen LogP contribution in [-0.4, -0.2) is 43.4 Å². The van der Waals surface area contributed by atoms with Gasteiger partial charge in [-0.2, -0.15) is 10.1 Å². The maximum absolute atomic E-state index is 13.3. The fourth-order valence-corrected chi connectivity index (χ4v) is 3.46. The monoisotopic (exact) mass is 392 g/mol. The molecule has 1 aliphatic rings. The van der Waals surface area contributed by atoms with Gasteiger partial charge in [-0.15, -0.1) is 0 Å². The van der Waals surface area contributed by atoms with Crippen molar-refractivity contribution in [1.82, 2.24) is 30.1 Å². The van der Waals surface area contributed by atoms with Crippen molar-refractivity contribution in [2.45, 2.75) is 31.5 Å². The van der Waals surface area contributed by atoms with Crippen LogP contribution in [0, 0.1) is 0 Å². The second-order valence-corrected chi connectivity index (χ2v) is 7.47. The van der Waals surface area contributed by atoms with E-state index in [9.17, 15) is 4.39 Å². The molecule has 9 heteroatoms. The van der Waals surface area contributed by atoms with Gasteiger partial charge in [0, 0.05) is 31.1 Å². The number of nitrogens with one attached hydrogen (secondary N) is 2. The number of H-pyrrole nitrogens is 2. The minimum Gasteiger partial charge on any atom is -0.383 e. The van der Waals surface area contributed by atoms with Gasteiger partial charge in [0.2, 0.25) is 5.95 Å². The van der Waals surface area contributed by atoms with Crippen LogP contribution >= 0.6 is 0 Å². The molecular weight excluding hydrogens is 371 g/mol. The van der Waals surface area contributed by atoms with E-state index in [1.165, 1.54) is 0 Å². The summed E-state index contributed by atoms with van der Waals surface area (Å²) in [6, 6.07) is 7.71. The van der Waals surface area contributed by atoms with E-state index in [2.05, 4.69) is 25.1 Å². The summed E-state index contributed by atoms with van der Waals surface area (Å²) in [4.78, 5) is 18.7. The molecule has 0 unspecified atom stereocenters. The number of hydrogen-bond donors (Lipinski definition) is 3. The first-order valence-electron chi connectivity index (χ1n) is 9.50. The van der Waals surface area contributed by atoms with E-state index in [4.69, 9.17) is 10.7 Å². The molecule has 8 nitrogen and oxygen atoms in total. The first-order chi connectivity index (χ1) is 14.0. The smallest absolute Gasteiger partial charge is 0.227 e. The SMILES string of the molecule is C[C@@H](c1ccc2[nH]ccc2n1)N(C)c1ncc(-c2cc([C@@H]3C[C@H]3F)[nH]n2)c(N)n1. The van der Waals surface area contributed by atoms with Crippen LogP contribution in [0.2, 0.25) is 0 Å². The van der Waals surface area contributed by atoms with Gasteiger partial charge in [0.1, 0.15) is 12.0 Å². The van der Waals surface area contributed by atoms with E-state index in [0.717, 1.165) is 22.4 Å². The highest BCUT2D eigenvalue weighted by Crippen LogP contribution is 2.43. The number of anilines is 2. The molecular formula is C20H21FN8. The van der Waals surface area contributed by atoms with Crippen LogP contribution < -0.4 is 10.6 Å². The summed E-state index contributed by atoms with van der Waals surface area (Å²) >= 11 is 0. The summed E-state index contributed by atoms with van der Waals surface area (Å²) in [6.07, 6.45) is 3.28. The molecule has 29 heavy (non-hydrogen) atoms. The third-order valence-electron chi connectivity index (χ3n) is 5.54. The molecule has 148 valence electrons. The molecule has 0 bridgehead atoms. The van der Waals surface area contributed by atoms with Gasteiger partial charge >= 0.3 is 0 Å². The van der Waals surface area contributed by atoms with E-state index in [0.29, 0.717) is 29.4 Å². The molecule has 0 saturated heterocycles. The van der Waals surface area contributed by atoms with Crippen LogP contribution in [0.1, 0.15) is 36.7 Å². The first kappa shape index (κ1) is 17.6. The summed E-state index contributed by atoms with van der Waals surface area (Å²) in [5.41, 5.74) is 11.1. The average molecular weight is 392 g/mol. The average Bonchev–Trinajstić information content (AvgIpc) is 3.13. The van der Waals surface area contributed by atoms with Crippen LogP contribution in [0.4, 0.5) is 16.2 Å². The predicted molar refractivity (Wildman–Crippen MR) is 109 cm³/mol. The Morgan fingerprint density at radius 3 is 2.86 bits per heavy atom. The highest BCUT2D eigenvalue weighted by atomic mass is 19.1. The maximum atomic E-state index is 13.3. The number of alkyl halides is 1. The molecule has 4 aromatic heterocycles. The van der Waals surface area contributed by atoms with Gasteiger partial charge in [0.05, 0.1) is 34.0 Å². The Bertz CT molecular complexity index is 1180. The Hall–Kier alpha value is -3.49. The number of nitrogens with zero attached hydrogens (tertiary/aromatic N) is 5. The van der Waals surface area contributed by atoms with Gasteiger partial charge in [-0.25, -0.2) is 14.4 Å². The molecule has 0 amide bonds. The molecule has 1 aliphatic carbocycles. The Morgan fingerprint density at radius 2 is 2.10 bits per heavy atom. The number of nitrogen functional groups attached to an aromatic ring is 1. The normalized spacial score (nSPS) is 19.4. The molecule has 4 N–H and O–H groups in total. The third-order valence-corrected chi connectivity index (χ3v) is 5.54. The van der Waals surface area contributed by atoms with E-state index >= 15 is 0 Å². The zero-order chi connectivity index (χ0) is 20.1. The minimum atomic E-state index is -0.784. The highest BCUT2D eigenvalue weighted by molar-refractivity contribution is 5.75. The van der Waals surface area contributed by atoms with Gasteiger partial charge in [-0.1, -0.05) is 0 Å². The number of aromatic amines is 2. The van der Waals surface area contributed by atoms with Crippen LogP contribution in [-0.2, 0) is 0 Å². The largest absolute Gasteiger partial charge is 0.383 e. The van der Waals surface area contributed by atoms with Crippen molar-refractivity contribution >= 4 is 22.8 Å². The number of pyridine rings is 1. The molecule has 1 fully saturated rings. The Morgan fingerprint density at radius 1 is 1.28 bits per heavy atom. The van der Waals surface area contributed by atoms with Crippen molar-refractivity contribution in [3.05, 3.63) is 48.0 Å². The van der Waals surface area contributed by atoms with Gasteiger partial charge in [-0.3, -0.25) is 5.10 Å². The second kappa shape index (κ2) is 6.54. The van der Waals surface area contributed by atoms with Gasteiger partial charge < -0.3 is 15.6 Å². The number of aromatic nitrogens is 6. The number of halogens is 1. The fraction of sp³-hybridized carbons (Fsp3) is 0.300. The summed E-state index contributed by atoms with van der Waals surface area (Å²) in [5.74, 6) is 0.736. The van der Waals surface area contributed by atoms with Crippen molar-refractivity contribution in [1.29, 1.82) is 0 Å². The third kappa shape index (κ3) is 3.08. The number of nitrogens with two attached hydrogens (primary N) is 1. The summed E-state index contributed by atoms with van der Waals surface area (Å²) in [6.45, 7) is 2.04. The van der Waals surface area contributed by atoms with Crippen LogP contribution in [0.15, 0.2) is 36.7 Å². The van der Waals surface area contributed by atoms with E-state index in [1.807, 2.05) is 49.3 Å². The van der Waals surface area contributed by atoms with Crippen molar-refractivity contribution < 1.29 is 4.39 Å². The molecule has 1 saturated carbocycles. The topological polar surface area (TPSA) is 112 Å². The lowest BCUT2D eigenvalue weighted by molar-refractivity contribution is 0.466. The molecule has 4 aromatic rings. The Balaban J connectivity index is 1.39. The van der Waals surface area contributed by atoms with Crippen molar-refractivity contribution in [2.24, 2.45) is 0 Å². The molecule has 0 spiro atoms. The van der Waals surface area contributed by atoms with E-state index in [1.54, 1.807) is 6.20 Å². The zero-order valence-electron chi connectivity index (χ0n) is 16.1. The van der Waals surface area contributed by atoms with Crippen molar-refractivity contribution in [3.63, 3.8) is 0 Å². The van der Waals surface area contributed by atoms with Gasteiger partial charge in [-0.05, 0) is 37.6 Å². The second-order valence-electron chi connectivity index (χ2n) is 7.47. The Labute approximate surface area is 166 Å². The number of fused-ring (bicyclic) bond motifs is 1. The molecule has 0 radical (unpaired) electrons. The standard InChI is InChI=1S/C20H21FN8/c1-10(14-3-4-15-16(25-14)5-6-23-15)29(2)20-24-9-12(19(22)26-20)18-8-17(27-28-18)11-7-13(11)21/h3-6,8-11,13,23H,7H2,1-2H3,(H,27,28)(H2,22,24,26)/t10-,11+,13+/m0/s1. The molecule has 5 rings (SSSR count). The fourth-order valence-electron chi connectivity index (χ4n) is 3.46. The zero-order valence-corrected chi connectivity index (χ0v) is 16.1. The first-order valence-corrected chi connectivity index (χ1v) is 9.50. The number of hydrogen-bond acceptors (Lipinski definition) is 6. The highest BCUT2D eigenvalue weighted by Gasteiger charge is 2.40. The lowest BCUT2D eigenvalue weighted by atomic mass is 10.2. The maximum Gasteiger partial charge on any atom is 0.227 e. The molecule has 0 aliphatic heterocycles. The predicted octanol–water partition coefficient (Wildman–Crippen LogP) is 3.35. The number of rotatable bonds is 5. The summed E-state index contributed by atoms with van der Waals surface area (Å²) in [5, 5.41) is 7.14. The molecule has 0 aromatic carbocycles. The van der Waals surface area contributed by atoms with E-state index in [-0.39, 0.29) is 12.0 Å². The van der Waals surface area contributed by atoms with Crippen LogP contribution in [0.5, 0.6) is 0 Å². The van der Waals surface area contributed by atoms with Crippen molar-refractivity contribution in [3.8, 4) is 11.3 Å². The quantitative estimate of drug-likeness (QED) is 0.480. The summed E-state index contributed by atoms with van der Waals surface area (Å²) < 4.78 is 13.3. The van der Waals surface area contributed by atoms with Crippen LogP contribution in [0.25, 0.3) is 22.3 Å². The Kier molecular flexibility index (Phi) is 3.97. The molecule has 3 atom stereocenters. The van der Waals surface area contributed by atoms with Crippen LogP contribution in [0.3, 0.4) is 0 Å². The minimum absolute atomic E-state index is 0.0482. The van der Waals surface area contributed by atoms with E-state index < -0.39 is 6.17 Å². The van der Waals surface area contributed by atoms with Crippen molar-refractivity contribution in [2.75, 3.05) is 17.7 Å². The summed E-state index contributed by atoms with van der Waals surface area (Å²) in [7, 11) is 1.91. The molecule has 4 heterocycles.